The van der Waals surface area contributed by atoms with E-state index in [1.807, 2.05) is 0 Å². The minimum atomic E-state index is 0.382. The summed E-state index contributed by atoms with van der Waals surface area (Å²) in [6, 6.07) is 0.439. The Hall–Kier alpha value is -0.610. The van der Waals surface area contributed by atoms with Gasteiger partial charge in [-0.2, -0.15) is 0 Å². The molecule has 1 N–H and O–H groups in total. The predicted octanol–water partition coefficient (Wildman–Crippen LogP) is 1.56. The molecule has 0 saturated carbocycles. The van der Waals surface area contributed by atoms with Crippen LogP contribution in [0.25, 0.3) is 0 Å². The fourth-order valence-electron chi connectivity index (χ4n) is 3.70. The van der Waals surface area contributed by atoms with Gasteiger partial charge >= 0.3 is 0 Å². The third kappa shape index (κ3) is 4.19. The third-order valence-corrected chi connectivity index (χ3v) is 4.91. The van der Waals surface area contributed by atoms with E-state index in [0.29, 0.717) is 23.8 Å². The minimum Gasteiger partial charge on any atom is -0.338 e. The van der Waals surface area contributed by atoms with Crippen molar-refractivity contribution in [2.45, 2.75) is 45.1 Å². The maximum absolute atomic E-state index is 12.6. The lowest BCUT2D eigenvalue weighted by Crippen LogP contribution is -2.42. The zero-order valence-electron chi connectivity index (χ0n) is 13.4. The van der Waals surface area contributed by atoms with Crippen LogP contribution in [0.5, 0.6) is 0 Å². The number of carbonyl (C=O) groups is 1. The maximum Gasteiger partial charge on any atom is 0.223 e. The van der Waals surface area contributed by atoms with E-state index >= 15 is 0 Å². The van der Waals surface area contributed by atoms with Gasteiger partial charge in [-0.1, -0.05) is 6.92 Å². The molecule has 3 atom stereocenters. The van der Waals surface area contributed by atoms with Gasteiger partial charge in [-0.25, -0.2) is 0 Å². The topological polar surface area (TPSA) is 35.6 Å². The predicted molar refractivity (Wildman–Crippen MR) is 82.7 cm³/mol. The highest BCUT2D eigenvalue weighted by atomic mass is 16.2. The molecule has 0 bridgehead atoms. The third-order valence-electron chi connectivity index (χ3n) is 4.91. The summed E-state index contributed by atoms with van der Waals surface area (Å²) in [5.41, 5.74) is 0. The Morgan fingerprint density at radius 2 is 2.15 bits per heavy atom. The van der Waals surface area contributed by atoms with Gasteiger partial charge in [-0.15, -0.1) is 0 Å². The average Bonchev–Trinajstić information content (AvgIpc) is 2.87. The van der Waals surface area contributed by atoms with Crippen molar-refractivity contribution in [1.29, 1.82) is 0 Å². The molecule has 0 aromatic heterocycles. The number of carbonyl (C=O) groups excluding carboxylic acids is 1. The average molecular weight is 281 g/mol. The summed E-state index contributed by atoms with van der Waals surface area (Å²) < 4.78 is 0. The Kier molecular flexibility index (Phi) is 5.85. The second kappa shape index (κ2) is 7.41. The van der Waals surface area contributed by atoms with Gasteiger partial charge in [0, 0.05) is 25.6 Å². The highest BCUT2D eigenvalue weighted by molar-refractivity contribution is 5.77. The Morgan fingerprint density at radius 1 is 1.35 bits per heavy atom. The Bertz CT molecular complexity index is 313. The highest BCUT2D eigenvalue weighted by Crippen LogP contribution is 2.25. The van der Waals surface area contributed by atoms with Crippen LogP contribution in [0.15, 0.2) is 0 Å². The van der Waals surface area contributed by atoms with Gasteiger partial charge in [0.1, 0.15) is 0 Å². The van der Waals surface area contributed by atoms with Crippen LogP contribution >= 0.6 is 0 Å². The summed E-state index contributed by atoms with van der Waals surface area (Å²) in [6.45, 7) is 6.47. The van der Waals surface area contributed by atoms with Gasteiger partial charge in [-0.05, 0) is 64.7 Å². The molecule has 2 rings (SSSR count). The lowest BCUT2D eigenvalue weighted by molar-refractivity contribution is -0.133. The van der Waals surface area contributed by atoms with Crippen molar-refractivity contribution in [1.82, 2.24) is 15.1 Å². The van der Waals surface area contributed by atoms with Crippen LogP contribution < -0.4 is 5.32 Å². The summed E-state index contributed by atoms with van der Waals surface area (Å²) in [4.78, 5) is 16.9. The van der Waals surface area contributed by atoms with Crippen LogP contribution in [0.3, 0.4) is 0 Å². The standard InChI is InChI=1S/C16H31N3O/c1-13(14-6-4-8-17-11-14)10-16(20)19-9-5-7-15(19)12-18(2)3/h13-15,17H,4-12H2,1-3H3. The number of amides is 1. The normalized spacial score (nSPS) is 28.9. The van der Waals surface area contributed by atoms with Crippen LogP contribution in [-0.2, 0) is 4.79 Å². The summed E-state index contributed by atoms with van der Waals surface area (Å²) in [5, 5.41) is 3.46. The molecule has 0 radical (unpaired) electrons. The van der Waals surface area contributed by atoms with E-state index in [0.717, 1.165) is 32.6 Å². The van der Waals surface area contributed by atoms with E-state index in [-0.39, 0.29) is 0 Å². The van der Waals surface area contributed by atoms with Crippen LogP contribution in [0.2, 0.25) is 0 Å². The highest BCUT2D eigenvalue weighted by Gasteiger charge is 2.31. The van der Waals surface area contributed by atoms with E-state index in [9.17, 15) is 4.79 Å². The van der Waals surface area contributed by atoms with Gasteiger partial charge < -0.3 is 15.1 Å². The fourth-order valence-corrected chi connectivity index (χ4v) is 3.70. The summed E-state index contributed by atoms with van der Waals surface area (Å²) >= 11 is 0. The monoisotopic (exact) mass is 281 g/mol. The first-order valence-corrected chi connectivity index (χ1v) is 8.23. The minimum absolute atomic E-state index is 0.382. The van der Waals surface area contributed by atoms with Crippen molar-refractivity contribution in [3.63, 3.8) is 0 Å². The van der Waals surface area contributed by atoms with Crippen molar-refractivity contribution < 1.29 is 4.79 Å². The maximum atomic E-state index is 12.6. The molecule has 2 heterocycles. The summed E-state index contributed by atoms with van der Waals surface area (Å²) in [7, 11) is 4.19. The molecule has 2 fully saturated rings. The van der Waals surface area contributed by atoms with E-state index in [1.54, 1.807) is 0 Å². The van der Waals surface area contributed by atoms with Crippen molar-refractivity contribution >= 4 is 5.91 Å². The molecule has 3 unspecified atom stereocenters. The van der Waals surface area contributed by atoms with E-state index in [1.165, 1.54) is 25.7 Å². The van der Waals surface area contributed by atoms with Crippen molar-refractivity contribution in [3.8, 4) is 0 Å². The Morgan fingerprint density at radius 3 is 2.80 bits per heavy atom. The molecule has 0 aliphatic carbocycles. The number of likely N-dealkylation sites (tertiary alicyclic amines) is 1. The molecule has 2 aliphatic heterocycles. The second-order valence-electron chi connectivity index (χ2n) is 6.93. The van der Waals surface area contributed by atoms with Crippen LogP contribution in [0, 0.1) is 11.8 Å². The molecule has 4 heteroatoms. The summed E-state index contributed by atoms with van der Waals surface area (Å²) in [6.07, 6.45) is 5.61. The number of nitrogens with zero attached hydrogens (tertiary/aromatic N) is 2. The lowest BCUT2D eigenvalue weighted by atomic mass is 9.85. The van der Waals surface area contributed by atoms with Crippen LogP contribution in [-0.4, -0.2) is 62.0 Å². The Labute approximate surface area is 123 Å². The molecular formula is C16H31N3O. The molecule has 1 amide bonds. The van der Waals surface area contributed by atoms with Gasteiger partial charge in [0.05, 0.1) is 0 Å². The molecule has 0 spiro atoms. The zero-order chi connectivity index (χ0) is 14.5. The molecular weight excluding hydrogens is 250 g/mol. The molecule has 20 heavy (non-hydrogen) atoms. The van der Waals surface area contributed by atoms with Gasteiger partial charge in [-0.3, -0.25) is 4.79 Å². The fraction of sp³-hybridized carbons (Fsp3) is 0.938. The molecule has 4 nitrogen and oxygen atoms in total. The Balaban J connectivity index is 1.83. The number of rotatable bonds is 5. The quantitative estimate of drug-likeness (QED) is 0.831. The van der Waals surface area contributed by atoms with Gasteiger partial charge in [0.2, 0.25) is 5.91 Å². The van der Waals surface area contributed by atoms with E-state index in [2.05, 4.69) is 36.1 Å². The zero-order valence-corrected chi connectivity index (χ0v) is 13.4. The number of piperidine rings is 1. The number of hydrogen-bond acceptors (Lipinski definition) is 3. The van der Waals surface area contributed by atoms with Crippen LogP contribution in [0.4, 0.5) is 0 Å². The first kappa shape index (κ1) is 15.8. The molecule has 116 valence electrons. The first-order chi connectivity index (χ1) is 9.58. The lowest BCUT2D eigenvalue weighted by Gasteiger charge is -2.31. The molecule has 0 aromatic carbocycles. The van der Waals surface area contributed by atoms with E-state index in [4.69, 9.17) is 0 Å². The number of likely N-dealkylation sites (N-methyl/N-ethyl adjacent to an activating group) is 1. The first-order valence-electron chi connectivity index (χ1n) is 8.23. The van der Waals surface area contributed by atoms with Crippen molar-refractivity contribution in [2.24, 2.45) is 11.8 Å². The largest absolute Gasteiger partial charge is 0.338 e. The van der Waals surface area contributed by atoms with E-state index < -0.39 is 0 Å². The van der Waals surface area contributed by atoms with Crippen molar-refractivity contribution in [2.75, 3.05) is 40.3 Å². The number of nitrogens with one attached hydrogen (secondary N) is 1. The smallest absolute Gasteiger partial charge is 0.223 e. The molecule has 2 aliphatic rings. The summed E-state index contributed by atoms with van der Waals surface area (Å²) in [5.74, 6) is 1.57. The SMILES string of the molecule is CC(CC(=O)N1CCCC1CN(C)C)C1CCCNC1. The van der Waals surface area contributed by atoms with Crippen molar-refractivity contribution in [3.05, 3.63) is 0 Å². The number of hydrogen-bond donors (Lipinski definition) is 1. The molecule has 2 saturated heterocycles. The van der Waals surface area contributed by atoms with Crippen LogP contribution in [0.1, 0.15) is 39.0 Å². The van der Waals surface area contributed by atoms with Gasteiger partial charge in [0.15, 0.2) is 0 Å². The van der Waals surface area contributed by atoms with Gasteiger partial charge in [0.25, 0.3) is 0 Å². The molecule has 0 aromatic rings. The second-order valence-corrected chi connectivity index (χ2v) is 6.93.